The zero-order valence-electron chi connectivity index (χ0n) is 18.6. The lowest BCUT2D eigenvalue weighted by molar-refractivity contribution is -0.131. The van der Waals surface area contributed by atoms with Gasteiger partial charge in [0.25, 0.3) is 5.56 Å². The molecule has 0 radical (unpaired) electrons. The maximum Gasteiger partial charge on any atom is 0.258 e. The van der Waals surface area contributed by atoms with Crippen molar-refractivity contribution < 1.29 is 4.79 Å². The number of carbonyl (C=O) groups is 1. The molecule has 4 N–H and O–H groups in total. The SMILES string of the molecule is CC1c2ccccc2CCN1C(=O)CNc1ccc2c(=O)[nH]c(CCCCCN)nc2c1. The van der Waals surface area contributed by atoms with Gasteiger partial charge >= 0.3 is 0 Å². The summed E-state index contributed by atoms with van der Waals surface area (Å²) >= 11 is 0. The van der Waals surface area contributed by atoms with Crippen molar-refractivity contribution in [3.8, 4) is 0 Å². The molecule has 1 aromatic heterocycles. The first-order chi connectivity index (χ1) is 15.6. The summed E-state index contributed by atoms with van der Waals surface area (Å²) in [5.74, 6) is 0.750. The molecule has 2 aromatic carbocycles. The van der Waals surface area contributed by atoms with Crippen molar-refractivity contribution in [2.45, 2.75) is 45.1 Å². The molecule has 0 bridgehead atoms. The lowest BCUT2D eigenvalue weighted by atomic mass is 9.93. The van der Waals surface area contributed by atoms with Gasteiger partial charge < -0.3 is 20.9 Å². The van der Waals surface area contributed by atoms with Crippen LogP contribution >= 0.6 is 0 Å². The average Bonchev–Trinajstić information content (AvgIpc) is 2.80. The molecule has 7 nitrogen and oxygen atoms in total. The quantitative estimate of drug-likeness (QED) is 0.474. The summed E-state index contributed by atoms with van der Waals surface area (Å²) in [4.78, 5) is 34.8. The number of anilines is 1. The molecule has 1 aliphatic rings. The Balaban J connectivity index is 1.42. The van der Waals surface area contributed by atoms with E-state index in [9.17, 15) is 9.59 Å². The first kappa shape index (κ1) is 22.0. The Hall–Kier alpha value is -3.19. The number of carbonyl (C=O) groups excluding carboxylic acids is 1. The molecule has 32 heavy (non-hydrogen) atoms. The minimum atomic E-state index is -0.132. The van der Waals surface area contributed by atoms with Crippen LogP contribution in [0.4, 0.5) is 5.69 Å². The number of hydrogen-bond donors (Lipinski definition) is 3. The summed E-state index contributed by atoms with van der Waals surface area (Å²) in [7, 11) is 0. The van der Waals surface area contributed by atoms with Gasteiger partial charge in [-0.25, -0.2) is 4.98 Å². The van der Waals surface area contributed by atoms with Gasteiger partial charge in [0, 0.05) is 18.7 Å². The van der Waals surface area contributed by atoms with Crippen molar-refractivity contribution in [1.29, 1.82) is 0 Å². The topological polar surface area (TPSA) is 104 Å². The van der Waals surface area contributed by atoms with Gasteiger partial charge in [0.15, 0.2) is 0 Å². The molecule has 0 saturated carbocycles. The van der Waals surface area contributed by atoms with Crippen LogP contribution in [0.15, 0.2) is 47.3 Å². The number of rotatable bonds is 8. The van der Waals surface area contributed by atoms with Gasteiger partial charge in [0.1, 0.15) is 5.82 Å². The van der Waals surface area contributed by atoms with Crippen molar-refractivity contribution >= 4 is 22.5 Å². The summed E-state index contributed by atoms with van der Waals surface area (Å²) in [5, 5.41) is 3.77. The lowest BCUT2D eigenvalue weighted by Gasteiger charge is -2.35. The van der Waals surface area contributed by atoms with E-state index < -0.39 is 0 Å². The average molecular weight is 434 g/mol. The first-order valence-electron chi connectivity index (χ1n) is 11.4. The highest BCUT2D eigenvalue weighted by Gasteiger charge is 2.26. The second kappa shape index (κ2) is 9.96. The van der Waals surface area contributed by atoms with Crippen LogP contribution in [-0.2, 0) is 17.6 Å². The highest BCUT2D eigenvalue weighted by molar-refractivity contribution is 5.84. The van der Waals surface area contributed by atoms with Crippen LogP contribution in [-0.4, -0.2) is 40.4 Å². The second-order valence-corrected chi connectivity index (χ2v) is 8.41. The number of nitrogens with two attached hydrogens (primary N) is 1. The molecule has 0 spiro atoms. The molecule has 168 valence electrons. The minimum Gasteiger partial charge on any atom is -0.376 e. The number of nitrogens with zero attached hydrogens (tertiary/aromatic N) is 2. The normalized spacial score (nSPS) is 15.6. The third-order valence-electron chi connectivity index (χ3n) is 6.23. The number of amides is 1. The number of hydrogen-bond acceptors (Lipinski definition) is 5. The van der Waals surface area contributed by atoms with Crippen LogP contribution in [0, 0.1) is 0 Å². The molecule has 0 aliphatic carbocycles. The Morgan fingerprint density at radius 1 is 1.22 bits per heavy atom. The summed E-state index contributed by atoms with van der Waals surface area (Å²) < 4.78 is 0. The summed E-state index contributed by atoms with van der Waals surface area (Å²) in [6, 6.07) is 13.8. The van der Waals surface area contributed by atoms with Crippen LogP contribution in [0.25, 0.3) is 10.9 Å². The van der Waals surface area contributed by atoms with E-state index in [1.54, 1.807) is 6.07 Å². The van der Waals surface area contributed by atoms with Gasteiger partial charge in [-0.1, -0.05) is 30.7 Å². The second-order valence-electron chi connectivity index (χ2n) is 8.41. The first-order valence-corrected chi connectivity index (χ1v) is 11.4. The van der Waals surface area contributed by atoms with E-state index in [1.807, 2.05) is 23.1 Å². The summed E-state index contributed by atoms with van der Waals surface area (Å²) in [5.41, 5.74) is 9.37. The molecule has 2 heterocycles. The van der Waals surface area contributed by atoms with Crippen LogP contribution in [0.2, 0.25) is 0 Å². The Morgan fingerprint density at radius 2 is 2.06 bits per heavy atom. The van der Waals surface area contributed by atoms with Gasteiger partial charge in [-0.3, -0.25) is 9.59 Å². The predicted octanol–water partition coefficient (Wildman–Crippen LogP) is 3.15. The Labute approximate surface area is 188 Å². The van der Waals surface area contributed by atoms with E-state index >= 15 is 0 Å². The van der Waals surface area contributed by atoms with E-state index in [4.69, 9.17) is 5.73 Å². The maximum absolute atomic E-state index is 12.9. The number of benzene rings is 2. The molecule has 0 saturated heterocycles. The van der Waals surface area contributed by atoms with Crippen molar-refractivity contribution in [3.63, 3.8) is 0 Å². The van der Waals surface area contributed by atoms with Gasteiger partial charge in [-0.15, -0.1) is 0 Å². The van der Waals surface area contributed by atoms with Crippen molar-refractivity contribution in [3.05, 3.63) is 69.8 Å². The molecule has 1 unspecified atom stereocenters. The molecular formula is C25H31N5O2. The summed E-state index contributed by atoms with van der Waals surface area (Å²) in [6.45, 7) is 3.68. The smallest absolute Gasteiger partial charge is 0.258 e. The largest absolute Gasteiger partial charge is 0.376 e. The minimum absolute atomic E-state index is 0.0616. The fraction of sp³-hybridized carbons (Fsp3) is 0.400. The zero-order chi connectivity index (χ0) is 22.5. The summed E-state index contributed by atoms with van der Waals surface area (Å²) in [6.07, 6.45) is 4.52. The van der Waals surface area contributed by atoms with Crippen LogP contribution in [0.5, 0.6) is 0 Å². The maximum atomic E-state index is 12.9. The van der Waals surface area contributed by atoms with E-state index in [2.05, 4.69) is 40.4 Å². The monoisotopic (exact) mass is 433 g/mol. The van der Waals surface area contributed by atoms with Gasteiger partial charge in [-0.05, 0) is 62.1 Å². The standard InChI is InChI=1S/C25H31N5O2/c1-17-20-8-5-4-7-18(20)12-14-30(17)24(31)16-27-19-10-11-21-22(15-19)28-23(29-25(21)32)9-3-2-6-13-26/h4-5,7-8,10-11,15,17,27H,2-3,6,9,12-14,16,26H2,1H3,(H,28,29,32). The Morgan fingerprint density at radius 3 is 2.91 bits per heavy atom. The molecule has 7 heteroatoms. The highest BCUT2D eigenvalue weighted by atomic mass is 16.2. The Kier molecular flexibility index (Phi) is 6.85. The number of fused-ring (bicyclic) bond motifs is 2. The molecular weight excluding hydrogens is 402 g/mol. The number of aromatic nitrogens is 2. The van der Waals surface area contributed by atoms with Gasteiger partial charge in [0.2, 0.25) is 5.91 Å². The van der Waals surface area contributed by atoms with Crippen molar-refractivity contribution in [1.82, 2.24) is 14.9 Å². The fourth-order valence-corrected chi connectivity index (χ4v) is 4.42. The Bertz CT molecular complexity index is 1160. The third-order valence-corrected chi connectivity index (χ3v) is 6.23. The lowest BCUT2D eigenvalue weighted by Crippen LogP contribution is -2.41. The van der Waals surface area contributed by atoms with E-state index in [-0.39, 0.29) is 24.1 Å². The van der Waals surface area contributed by atoms with E-state index in [0.717, 1.165) is 44.3 Å². The van der Waals surface area contributed by atoms with Crippen LogP contribution < -0.4 is 16.6 Å². The number of unbranched alkanes of at least 4 members (excludes halogenated alkanes) is 2. The van der Waals surface area contributed by atoms with Crippen molar-refractivity contribution in [2.75, 3.05) is 25.0 Å². The van der Waals surface area contributed by atoms with Gasteiger partial charge in [-0.2, -0.15) is 0 Å². The van der Waals surface area contributed by atoms with Gasteiger partial charge in [0.05, 0.1) is 23.5 Å². The molecule has 3 aromatic rings. The molecule has 4 rings (SSSR count). The third kappa shape index (κ3) is 4.83. The predicted molar refractivity (Wildman–Crippen MR) is 128 cm³/mol. The highest BCUT2D eigenvalue weighted by Crippen LogP contribution is 2.29. The molecule has 1 atom stereocenters. The van der Waals surface area contributed by atoms with Crippen LogP contribution in [0.1, 0.15) is 49.2 Å². The zero-order valence-corrected chi connectivity index (χ0v) is 18.6. The number of aryl methyl sites for hydroxylation is 1. The van der Waals surface area contributed by atoms with Crippen LogP contribution in [0.3, 0.4) is 0 Å². The van der Waals surface area contributed by atoms with E-state index in [0.29, 0.717) is 23.3 Å². The fourth-order valence-electron chi connectivity index (χ4n) is 4.42. The number of nitrogens with one attached hydrogen (secondary N) is 2. The molecule has 1 aliphatic heterocycles. The number of H-pyrrole nitrogens is 1. The molecule has 0 fully saturated rings. The van der Waals surface area contributed by atoms with Crippen molar-refractivity contribution in [2.24, 2.45) is 5.73 Å². The number of aromatic amines is 1. The molecule has 1 amide bonds. The van der Waals surface area contributed by atoms with E-state index in [1.165, 1.54) is 11.1 Å².